The van der Waals surface area contributed by atoms with Gasteiger partial charge in [-0.15, -0.1) is 17.7 Å². The SMILES string of the molecule is CCCCC#C[C@@H](CSc1ccccc1)[C@@H](O)CCC. The van der Waals surface area contributed by atoms with Gasteiger partial charge in [0.05, 0.1) is 12.0 Å². The lowest BCUT2D eigenvalue weighted by molar-refractivity contribution is 0.133. The molecule has 1 nitrogen and oxygen atoms in total. The van der Waals surface area contributed by atoms with Gasteiger partial charge in [-0.05, 0) is 25.0 Å². The van der Waals surface area contributed by atoms with Crippen molar-refractivity contribution in [1.29, 1.82) is 0 Å². The number of thioether (sulfide) groups is 1. The van der Waals surface area contributed by atoms with E-state index >= 15 is 0 Å². The number of rotatable bonds is 8. The predicted octanol–water partition coefficient (Wildman–Crippen LogP) is 4.75. The van der Waals surface area contributed by atoms with Gasteiger partial charge in [-0.25, -0.2) is 0 Å². The molecule has 1 rings (SSSR count). The average molecular weight is 290 g/mol. The Morgan fingerprint density at radius 1 is 1.15 bits per heavy atom. The summed E-state index contributed by atoms with van der Waals surface area (Å²) in [6, 6.07) is 10.3. The largest absolute Gasteiger partial charge is 0.392 e. The monoisotopic (exact) mass is 290 g/mol. The van der Waals surface area contributed by atoms with E-state index < -0.39 is 0 Å². The van der Waals surface area contributed by atoms with E-state index in [1.807, 2.05) is 18.2 Å². The number of aliphatic hydroxyl groups excluding tert-OH is 1. The molecule has 0 unspecified atom stereocenters. The highest BCUT2D eigenvalue weighted by Crippen LogP contribution is 2.23. The summed E-state index contributed by atoms with van der Waals surface area (Å²) in [6.45, 7) is 4.28. The van der Waals surface area contributed by atoms with Crippen LogP contribution < -0.4 is 0 Å². The normalized spacial score (nSPS) is 13.3. The van der Waals surface area contributed by atoms with Crippen molar-refractivity contribution in [2.75, 3.05) is 5.75 Å². The molecule has 20 heavy (non-hydrogen) atoms. The van der Waals surface area contributed by atoms with Crippen molar-refractivity contribution in [2.45, 2.75) is 57.0 Å². The zero-order chi connectivity index (χ0) is 14.6. The first-order chi connectivity index (χ1) is 9.77. The van der Waals surface area contributed by atoms with Crippen LogP contribution >= 0.6 is 11.8 Å². The summed E-state index contributed by atoms with van der Waals surface area (Å²) in [6.07, 6.45) is 4.81. The van der Waals surface area contributed by atoms with Crippen LogP contribution in [0.3, 0.4) is 0 Å². The smallest absolute Gasteiger partial charge is 0.0685 e. The van der Waals surface area contributed by atoms with Gasteiger partial charge in [0.15, 0.2) is 0 Å². The molecule has 1 aromatic rings. The summed E-state index contributed by atoms with van der Waals surface area (Å²) in [7, 11) is 0. The lowest BCUT2D eigenvalue weighted by Gasteiger charge is -2.17. The standard InChI is InChI=1S/C18H26OS/c1-3-5-6-8-12-16(18(19)11-4-2)15-20-17-13-9-7-10-14-17/h7,9-10,13-14,16,18-19H,3-6,11,15H2,1-2H3/t16-,18-/m0/s1. The van der Waals surface area contributed by atoms with E-state index in [2.05, 4.69) is 37.8 Å². The summed E-state index contributed by atoms with van der Waals surface area (Å²) in [5, 5.41) is 10.2. The van der Waals surface area contributed by atoms with Gasteiger partial charge in [0.1, 0.15) is 0 Å². The number of aliphatic hydroxyl groups is 1. The highest BCUT2D eigenvalue weighted by atomic mass is 32.2. The number of hydrogen-bond acceptors (Lipinski definition) is 2. The molecular weight excluding hydrogens is 264 g/mol. The van der Waals surface area contributed by atoms with Crippen LogP contribution in [-0.4, -0.2) is 17.0 Å². The molecule has 0 fully saturated rings. The van der Waals surface area contributed by atoms with E-state index in [1.165, 1.54) is 11.3 Å². The minimum atomic E-state index is -0.301. The fraction of sp³-hybridized carbons (Fsp3) is 0.556. The maximum Gasteiger partial charge on any atom is 0.0685 e. The van der Waals surface area contributed by atoms with Gasteiger partial charge >= 0.3 is 0 Å². The summed E-state index contributed by atoms with van der Waals surface area (Å²) in [5.41, 5.74) is 0. The summed E-state index contributed by atoms with van der Waals surface area (Å²) in [4.78, 5) is 1.25. The number of unbranched alkanes of at least 4 members (excludes halogenated alkanes) is 2. The molecule has 0 heterocycles. The Bertz CT molecular complexity index is 404. The molecule has 2 heteroatoms. The molecule has 0 radical (unpaired) electrons. The van der Waals surface area contributed by atoms with Crippen LogP contribution in [0.2, 0.25) is 0 Å². The number of benzene rings is 1. The Labute approximate surface area is 128 Å². The molecule has 0 aromatic heterocycles. The molecule has 0 bridgehead atoms. The molecule has 0 aliphatic carbocycles. The molecule has 0 spiro atoms. The predicted molar refractivity (Wildman–Crippen MR) is 88.9 cm³/mol. The van der Waals surface area contributed by atoms with Crippen molar-refractivity contribution in [3.8, 4) is 11.8 Å². The lowest BCUT2D eigenvalue weighted by Crippen LogP contribution is -2.21. The molecule has 0 aliphatic rings. The van der Waals surface area contributed by atoms with Crippen molar-refractivity contribution >= 4 is 11.8 Å². The van der Waals surface area contributed by atoms with Crippen LogP contribution in [0.4, 0.5) is 0 Å². The molecule has 1 N–H and O–H groups in total. The molecule has 110 valence electrons. The van der Waals surface area contributed by atoms with E-state index in [0.717, 1.165) is 31.4 Å². The Kier molecular flexibility index (Phi) is 9.28. The van der Waals surface area contributed by atoms with Crippen molar-refractivity contribution in [2.24, 2.45) is 5.92 Å². The molecule has 0 saturated carbocycles. The Balaban J connectivity index is 2.54. The Hall–Kier alpha value is -0.910. The van der Waals surface area contributed by atoms with Crippen molar-refractivity contribution in [3.05, 3.63) is 30.3 Å². The van der Waals surface area contributed by atoms with E-state index in [4.69, 9.17) is 0 Å². The second-order valence-electron chi connectivity index (χ2n) is 5.01. The lowest BCUT2D eigenvalue weighted by atomic mass is 10.0. The Morgan fingerprint density at radius 3 is 2.55 bits per heavy atom. The third-order valence-corrected chi connectivity index (χ3v) is 4.30. The fourth-order valence-corrected chi connectivity index (χ4v) is 2.94. The van der Waals surface area contributed by atoms with Gasteiger partial charge < -0.3 is 5.11 Å². The van der Waals surface area contributed by atoms with Gasteiger partial charge in [0, 0.05) is 17.1 Å². The fourth-order valence-electron chi connectivity index (χ4n) is 1.92. The summed E-state index contributed by atoms with van der Waals surface area (Å²) in [5.74, 6) is 7.47. The van der Waals surface area contributed by atoms with Crippen LogP contribution in [-0.2, 0) is 0 Å². The first-order valence-electron chi connectivity index (χ1n) is 7.62. The minimum Gasteiger partial charge on any atom is -0.392 e. The molecule has 2 atom stereocenters. The second kappa shape index (κ2) is 10.8. The quantitative estimate of drug-likeness (QED) is 0.423. The highest BCUT2D eigenvalue weighted by Gasteiger charge is 2.16. The van der Waals surface area contributed by atoms with E-state index in [1.54, 1.807) is 11.8 Å². The first kappa shape index (κ1) is 17.1. The minimum absolute atomic E-state index is 0.0806. The average Bonchev–Trinajstić information content (AvgIpc) is 2.47. The van der Waals surface area contributed by atoms with Gasteiger partial charge in [0.25, 0.3) is 0 Å². The van der Waals surface area contributed by atoms with Gasteiger partial charge in [-0.1, -0.05) is 50.8 Å². The van der Waals surface area contributed by atoms with E-state index in [0.29, 0.717) is 0 Å². The maximum absolute atomic E-state index is 10.2. The topological polar surface area (TPSA) is 20.2 Å². The van der Waals surface area contributed by atoms with Crippen LogP contribution in [0.25, 0.3) is 0 Å². The maximum atomic E-state index is 10.2. The van der Waals surface area contributed by atoms with Crippen LogP contribution in [0.15, 0.2) is 35.2 Å². The van der Waals surface area contributed by atoms with Crippen molar-refractivity contribution < 1.29 is 5.11 Å². The van der Waals surface area contributed by atoms with Gasteiger partial charge in [-0.3, -0.25) is 0 Å². The zero-order valence-corrected chi connectivity index (χ0v) is 13.5. The molecule has 0 saturated heterocycles. The summed E-state index contributed by atoms with van der Waals surface area (Å²) >= 11 is 1.78. The zero-order valence-electron chi connectivity index (χ0n) is 12.6. The summed E-state index contributed by atoms with van der Waals surface area (Å²) < 4.78 is 0. The second-order valence-corrected chi connectivity index (χ2v) is 6.10. The van der Waals surface area contributed by atoms with Crippen molar-refractivity contribution in [3.63, 3.8) is 0 Å². The van der Waals surface area contributed by atoms with Gasteiger partial charge in [0.2, 0.25) is 0 Å². The highest BCUT2D eigenvalue weighted by molar-refractivity contribution is 7.99. The van der Waals surface area contributed by atoms with Crippen molar-refractivity contribution in [1.82, 2.24) is 0 Å². The van der Waals surface area contributed by atoms with Gasteiger partial charge in [-0.2, -0.15) is 0 Å². The third kappa shape index (κ3) is 7.03. The van der Waals surface area contributed by atoms with Crippen LogP contribution in [0.5, 0.6) is 0 Å². The molecular formula is C18H26OS. The molecule has 0 amide bonds. The van der Waals surface area contributed by atoms with Crippen LogP contribution in [0.1, 0.15) is 46.0 Å². The number of hydrogen-bond donors (Lipinski definition) is 1. The molecule has 0 aliphatic heterocycles. The van der Waals surface area contributed by atoms with E-state index in [9.17, 15) is 5.11 Å². The molecule has 1 aromatic carbocycles. The van der Waals surface area contributed by atoms with Crippen LogP contribution in [0, 0.1) is 17.8 Å². The third-order valence-electron chi connectivity index (χ3n) is 3.16. The first-order valence-corrected chi connectivity index (χ1v) is 8.60. The van der Waals surface area contributed by atoms with E-state index in [-0.39, 0.29) is 12.0 Å². The Morgan fingerprint density at radius 2 is 1.90 bits per heavy atom.